The Hall–Kier alpha value is -2.08. The van der Waals surface area contributed by atoms with Crippen molar-refractivity contribution >= 4 is 29.5 Å². The molecule has 0 radical (unpaired) electrons. The van der Waals surface area contributed by atoms with Gasteiger partial charge in [0.25, 0.3) is 5.91 Å². The lowest BCUT2D eigenvalue weighted by Crippen LogP contribution is -2.32. The molecule has 1 atom stereocenters. The van der Waals surface area contributed by atoms with Gasteiger partial charge in [0, 0.05) is 5.02 Å². The van der Waals surface area contributed by atoms with Crippen molar-refractivity contribution < 1.29 is 19.5 Å². The van der Waals surface area contributed by atoms with Crippen LogP contribution in [0.25, 0.3) is 0 Å². The van der Waals surface area contributed by atoms with E-state index >= 15 is 0 Å². The summed E-state index contributed by atoms with van der Waals surface area (Å²) in [7, 11) is 0. The van der Waals surface area contributed by atoms with Gasteiger partial charge in [0.2, 0.25) is 0 Å². The summed E-state index contributed by atoms with van der Waals surface area (Å²) in [6.45, 7) is 0.0708. The molecular formula is C12H11ClN2O4. The molecule has 0 saturated carbocycles. The van der Waals surface area contributed by atoms with Gasteiger partial charge in [0.1, 0.15) is 6.04 Å². The largest absolute Gasteiger partial charge is 0.481 e. The van der Waals surface area contributed by atoms with Crippen molar-refractivity contribution in [1.82, 2.24) is 10.2 Å². The molecule has 7 heteroatoms. The second-order valence-electron chi connectivity index (χ2n) is 4.15. The van der Waals surface area contributed by atoms with Crippen LogP contribution in [-0.4, -0.2) is 34.0 Å². The fraction of sp³-hybridized carbons (Fsp3) is 0.250. The zero-order chi connectivity index (χ0) is 14.0. The lowest BCUT2D eigenvalue weighted by atomic mass is 10.2. The summed E-state index contributed by atoms with van der Waals surface area (Å²) in [6, 6.07) is 5.19. The van der Waals surface area contributed by atoms with Crippen LogP contribution in [0.4, 0.5) is 4.79 Å². The van der Waals surface area contributed by atoms with Crippen LogP contribution < -0.4 is 5.32 Å². The zero-order valence-corrected chi connectivity index (χ0v) is 10.6. The number of imide groups is 1. The van der Waals surface area contributed by atoms with Crippen molar-refractivity contribution in [3.63, 3.8) is 0 Å². The smallest absolute Gasteiger partial charge is 0.325 e. The van der Waals surface area contributed by atoms with Crippen LogP contribution in [0.2, 0.25) is 5.02 Å². The van der Waals surface area contributed by atoms with E-state index in [0.717, 1.165) is 4.90 Å². The lowest BCUT2D eigenvalue weighted by Gasteiger charge is -2.12. The van der Waals surface area contributed by atoms with Crippen molar-refractivity contribution in [2.45, 2.75) is 19.0 Å². The molecule has 1 fully saturated rings. The maximum absolute atomic E-state index is 11.9. The molecule has 1 aliphatic heterocycles. The fourth-order valence-corrected chi connectivity index (χ4v) is 2.07. The highest BCUT2D eigenvalue weighted by Crippen LogP contribution is 2.16. The van der Waals surface area contributed by atoms with Gasteiger partial charge in [0.05, 0.1) is 13.0 Å². The maximum Gasteiger partial charge on any atom is 0.325 e. The summed E-state index contributed by atoms with van der Waals surface area (Å²) < 4.78 is 0. The van der Waals surface area contributed by atoms with Crippen LogP contribution in [-0.2, 0) is 16.1 Å². The number of benzene rings is 1. The standard InChI is InChI=1S/C12H11ClN2O4/c13-8-3-1-2-7(4-8)6-15-11(18)9(5-10(16)17)14-12(15)19/h1-4,9H,5-6H2,(H,14,19)(H,16,17)/t9-/m0/s1. The van der Waals surface area contributed by atoms with Gasteiger partial charge >= 0.3 is 12.0 Å². The van der Waals surface area contributed by atoms with E-state index in [1.807, 2.05) is 0 Å². The quantitative estimate of drug-likeness (QED) is 0.813. The van der Waals surface area contributed by atoms with Gasteiger partial charge < -0.3 is 10.4 Å². The predicted molar refractivity (Wildman–Crippen MR) is 66.6 cm³/mol. The molecular weight excluding hydrogens is 272 g/mol. The summed E-state index contributed by atoms with van der Waals surface area (Å²) in [6.07, 6.45) is -0.420. The van der Waals surface area contributed by atoms with Gasteiger partial charge in [-0.2, -0.15) is 0 Å². The number of nitrogens with zero attached hydrogens (tertiary/aromatic N) is 1. The van der Waals surface area contributed by atoms with Crippen LogP contribution in [0, 0.1) is 0 Å². The first-order valence-electron chi connectivity index (χ1n) is 5.55. The number of rotatable bonds is 4. The molecule has 0 unspecified atom stereocenters. The third kappa shape index (κ3) is 3.03. The third-order valence-corrected chi connectivity index (χ3v) is 2.95. The molecule has 0 aromatic heterocycles. The van der Waals surface area contributed by atoms with Crippen molar-refractivity contribution in [2.75, 3.05) is 0 Å². The number of carboxylic acids is 1. The SMILES string of the molecule is O=C(O)C[C@@H]1NC(=O)N(Cc2cccc(Cl)c2)C1=O. The number of hydrogen-bond acceptors (Lipinski definition) is 3. The molecule has 1 aromatic rings. The average Bonchev–Trinajstić information content (AvgIpc) is 2.56. The zero-order valence-electron chi connectivity index (χ0n) is 9.80. The minimum Gasteiger partial charge on any atom is -0.481 e. The second kappa shape index (κ2) is 5.27. The molecule has 1 saturated heterocycles. The summed E-state index contributed by atoms with van der Waals surface area (Å²) in [5, 5.41) is 11.5. The molecule has 0 spiro atoms. The third-order valence-electron chi connectivity index (χ3n) is 2.72. The van der Waals surface area contributed by atoms with E-state index in [0.29, 0.717) is 10.6 Å². The number of carbonyl (C=O) groups is 3. The number of urea groups is 1. The molecule has 1 aliphatic rings. The summed E-state index contributed by atoms with van der Waals surface area (Å²) in [5.74, 6) is -1.67. The van der Waals surface area contributed by atoms with E-state index in [4.69, 9.17) is 16.7 Å². The molecule has 0 aliphatic carbocycles. The first-order chi connectivity index (χ1) is 8.97. The molecule has 0 bridgehead atoms. The topological polar surface area (TPSA) is 86.7 Å². The van der Waals surface area contributed by atoms with Gasteiger partial charge in [-0.25, -0.2) is 4.79 Å². The fourth-order valence-electron chi connectivity index (χ4n) is 1.86. The molecule has 2 rings (SSSR count). The van der Waals surface area contributed by atoms with Crippen LogP contribution in [0.5, 0.6) is 0 Å². The second-order valence-corrected chi connectivity index (χ2v) is 4.59. The summed E-state index contributed by atoms with van der Waals surface area (Å²) >= 11 is 5.82. The number of hydrogen-bond donors (Lipinski definition) is 2. The number of amides is 3. The number of carbonyl (C=O) groups excluding carboxylic acids is 2. The molecule has 1 aromatic carbocycles. The molecule has 1 heterocycles. The minimum atomic E-state index is -1.14. The Bertz CT molecular complexity index is 546. The van der Waals surface area contributed by atoms with Crippen molar-refractivity contribution in [2.24, 2.45) is 0 Å². The number of nitrogens with one attached hydrogen (secondary N) is 1. The van der Waals surface area contributed by atoms with Gasteiger partial charge in [-0.3, -0.25) is 14.5 Å². The highest BCUT2D eigenvalue weighted by molar-refractivity contribution is 6.30. The van der Waals surface area contributed by atoms with Gasteiger partial charge in [-0.05, 0) is 17.7 Å². The average molecular weight is 283 g/mol. The monoisotopic (exact) mass is 282 g/mol. The van der Waals surface area contributed by atoms with Crippen LogP contribution in [0.15, 0.2) is 24.3 Å². The Morgan fingerprint density at radius 1 is 1.42 bits per heavy atom. The van der Waals surface area contributed by atoms with Crippen LogP contribution in [0.1, 0.15) is 12.0 Å². The Kier molecular flexibility index (Phi) is 3.71. The van der Waals surface area contributed by atoms with E-state index in [1.165, 1.54) is 0 Å². The maximum atomic E-state index is 11.9. The highest BCUT2D eigenvalue weighted by atomic mass is 35.5. The van der Waals surface area contributed by atoms with Crippen molar-refractivity contribution in [3.05, 3.63) is 34.9 Å². The van der Waals surface area contributed by atoms with Gasteiger partial charge in [-0.1, -0.05) is 23.7 Å². The Labute approximate surface area is 114 Å². The van der Waals surface area contributed by atoms with Crippen LogP contribution in [0.3, 0.4) is 0 Å². The minimum absolute atomic E-state index is 0.0708. The molecule has 6 nitrogen and oxygen atoms in total. The highest BCUT2D eigenvalue weighted by Gasteiger charge is 2.38. The summed E-state index contributed by atoms with van der Waals surface area (Å²) in [5.41, 5.74) is 0.701. The number of halogens is 1. The van der Waals surface area contributed by atoms with Crippen molar-refractivity contribution in [1.29, 1.82) is 0 Å². The van der Waals surface area contributed by atoms with E-state index in [9.17, 15) is 14.4 Å². The lowest BCUT2D eigenvalue weighted by molar-refractivity contribution is -0.140. The van der Waals surface area contributed by atoms with E-state index in [-0.39, 0.29) is 6.54 Å². The Morgan fingerprint density at radius 3 is 2.79 bits per heavy atom. The van der Waals surface area contributed by atoms with Gasteiger partial charge in [-0.15, -0.1) is 0 Å². The van der Waals surface area contributed by atoms with E-state index in [1.54, 1.807) is 24.3 Å². The summed E-state index contributed by atoms with van der Waals surface area (Å²) in [4.78, 5) is 35.1. The number of aliphatic carboxylic acids is 1. The van der Waals surface area contributed by atoms with E-state index in [2.05, 4.69) is 5.32 Å². The molecule has 19 heavy (non-hydrogen) atoms. The Balaban J connectivity index is 2.10. The molecule has 100 valence electrons. The predicted octanol–water partition coefficient (Wildman–Crippen LogP) is 1.24. The molecule has 2 N–H and O–H groups in total. The normalized spacial score (nSPS) is 18.6. The first-order valence-corrected chi connectivity index (χ1v) is 5.93. The van der Waals surface area contributed by atoms with Crippen LogP contribution >= 0.6 is 11.6 Å². The Morgan fingerprint density at radius 2 is 2.16 bits per heavy atom. The molecule has 3 amide bonds. The van der Waals surface area contributed by atoms with Crippen molar-refractivity contribution in [3.8, 4) is 0 Å². The number of carboxylic acid groups (broad SMARTS) is 1. The van der Waals surface area contributed by atoms with Gasteiger partial charge in [0.15, 0.2) is 0 Å². The first kappa shape index (κ1) is 13.4. The van der Waals surface area contributed by atoms with E-state index < -0.39 is 30.4 Å².